The number of rotatable bonds is 9. The van der Waals surface area contributed by atoms with Crippen molar-refractivity contribution < 1.29 is 10.2 Å². The minimum absolute atomic E-state index is 0.285. The lowest BCUT2D eigenvalue weighted by atomic mass is 10.2. The molecule has 0 bridgehead atoms. The topological polar surface area (TPSA) is 43.7 Å². The fraction of sp³-hybridized carbons (Fsp3) is 1.00. The molecule has 0 saturated carbocycles. The normalized spacial score (nSPS) is 11.1. The average Bonchev–Trinajstić information content (AvgIpc) is 2.17. The van der Waals surface area contributed by atoms with Crippen molar-refractivity contribution in [2.75, 3.05) is 32.8 Å². The largest absolute Gasteiger partial charge is 0.396 e. The third-order valence-corrected chi connectivity index (χ3v) is 2.21. The number of unbranched alkanes of at least 4 members (excludes halogenated alkanes) is 2. The molecular formula is C10H23NO2. The molecule has 0 aromatic rings. The van der Waals surface area contributed by atoms with Crippen LogP contribution in [0.4, 0.5) is 0 Å². The summed E-state index contributed by atoms with van der Waals surface area (Å²) in [6.07, 6.45) is 4.04. The molecule has 2 N–H and O–H groups in total. The van der Waals surface area contributed by atoms with E-state index in [1.165, 1.54) is 0 Å². The summed E-state index contributed by atoms with van der Waals surface area (Å²) in [5.74, 6) is 0. The maximum atomic E-state index is 8.66. The maximum absolute atomic E-state index is 8.66. The van der Waals surface area contributed by atoms with Gasteiger partial charge in [0.25, 0.3) is 0 Å². The van der Waals surface area contributed by atoms with E-state index in [1.54, 1.807) is 0 Å². The standard InChI is InChI=1S/C10H23NO2/c1-2-11(8-6-10-13)7-4-3-5-9-12/h12-13H,2-10H2,1H3. The van der Waals surface area contributed by atoms with Gasteiger partial charge < -0.3 is 15.1 Å². The Hall–Kier alpha value is -0.120. The molecule has 0 radical (unpaired) electrons. The Bertz CT molecular complexity index is 98.9. The summed E-state index contributed by atoms with van der Waals surface area (Å²) in [5, 5.41) is 17.2. The van der Waals surface area contributed by atoms with Crippen molar-refractivity contribution in [3.63, 3.8) is 0 Å². The predicted molar refractivity (Wildman–Crippen MR) is 54.8 cm³/mol. The van der Waals surface area contributed by atoms with Crippen molar-refractivity contribution in [3.8, 4) is 0 Å². The zero-order chi connectivity index (χ0) is 9.94. The van der Waals surface area contributed by atoms with Crippen LogP contribution in [-0.2, 0) is 0 Å². The summed E-state index contributed by atoms with van der Waals surface area (Å²) in [5.41, 5.74) is 0. The minimum atomic E-state index is 0.285. The van der Waals surface area contributed by atoms with Crippen LogP contribution < -0.4 is 0 Å². The van der Waals surface area contributed by atoms with E-state index in [0.29, 0.717) is 6.61 Å². The molecule has 80 valence electrons. The van der Waals surface area contributed by atoms with E-state index >= 15 is 0 Å². The Balaban J connectivity index is 3.25. The van der Waals surface area contributed by atoms with Gasteiger partial charge in [-0.25, -0.2) is 0 Å². The minimum Gasteiger partial charge on any atom is -0.396 e. The van der Waals surface area contributed by atoms with Crippen LogP contribution in [0.3, 0.4) is 0 Å². The molecule has 0 heterocycles. The lowest BCUT2D eigenvalue weighted by Gasteiger charge is -2.19. The summed E-state index contributed by atoms with van der Waals surface area (Å²) < 4.78 is 0. The van der Waals surface area contributed by atoms with Gasteiger partial charge in [0.15, 0.2) is 0 Å². The molecule has 3 heteroatoms. The molecule has 0 spiro atoms. The van der Waals surface area contributed by atoms with E-state index in [4.69, 9.17) is 10.2 Å². The number of aliphatic hydroxyl groups excluding tert-OH is 2. The van der Waals surface area contributed by atoms with Crippen molar-refractivity contribution in [1.82, 2.24) is 4.90 Å². The van der Waals surface area contributed by atoms with E-state index in [-0.39, 0.29) is 6.61 Å². The fourth-order valence-electron chi connectivity index (χ4n) is 1.35. The van der Waals surface area contributed by atoms with E-state index in [1.807, 2.05) is 0 Å². The zero-order valence-electron chi connectivity index (χ0n) is 8.71. The van der Waals surface area contributed by atoms with Crippen LogP contribution in [-0.4, -0.2) is 48.0 Å². The zero-order valence-corrected chi connectivity index (χ0v) is 8.71. The highest BCUT2D eigenvalue weighted by molar-refractivity contribution is 4.55. The molecule has 0 aromatic carbocycles. The number of hydrogen-bond acceptors (Lipinski definition) is 3. The highest BCUT2D eigenvalue weighted by Crippen LogP contribution is 1.99. The van der Waals surface area contributed by atoms with Crippen LogP contribution in [0.1, 0.15) is 32.6 Å². The first kappa shape index (κ1) is 12.9. The van der Waals surface area contributed by atoms with Crippen LogP contribution in [0.2, 0.25) is 0 Å². The van der Waals surface area contributed by atoms with Crippen molar-refractivity contribution >= 4 is 0 Å². The smallest absolute Gasteiger partial charge is 0.0443 e. The van der Waals surface area contributed by atoms with Gasteiger partial charge >= 0.3 is 0 Å². The molecule has 0 amide bonds. The number of aliphatic hydroxyl groups is 2. The Kier molecular flexibility index (Phi) is 9.87. The molecular weight excluding hydrogens is 166 g/mol. The van der Waals surface area contributed by atoms with Crippen molar-refractivity contribution in [2.45, 2.75) is 32.6 Å². The summed E-state index contributed by atoms with van der Waals surface area (Å²) in [4.78, 5) is 2.34. The highest BCUT2D eigenvalue weighted by Gasteiger charge is 2.00. The molecule has 0 unspecified atom stereocenters. The molecule has 13 heavy (non-hydrogen) atoms. The molecule has 0 aliphatic carbocycles. The lowest BCUT2D eigenvalue weighted by Crippen LogP contribution is -2.26. The lowest BCUT2D eigenvalue weighted by molar-refractivity contribution is 0.224. The summed E-state index contributed by atoms with van der Waals surface area (Å²) in [6.45, 7) is 5.88. The SMILES string of the molecule is CCN(CCCO)CCCCCO. The first-order chi connectivity index (χ1) is 6.35. The second kappa shape index (κ2) is 9.96. The Morgan fingerprint density at radius 2 is 1.46 bits per heavy atom. The molecule has 3 nitrogen and oxygen atoms in total. The Morgan fingerprint density at radius 1 is 0.846 bits per heavy atom. The number of hydrogen-bond donors (Lipinski definition) is 2. The second-order valence-corrected chi connectivity index (χ2v) is 3.30. The van der Waals surface area contributed by atoms with Gasteiger partial charge in [0.2, 0.25) is 0 Å². The van der Waals surface area contributed by atoms with E-state index in [2.05, 4.69) is 11.8 Å². The molecule has 0 atom stereocenters. The van der Waals surface area contributed by atoms with Gasteiger partial charge in [0.05, 0.1) is 0 Å². The van der Waals surface area contributed by atoms with E-state index < -0.39 is 0 Å². The third kappa shape index (κ3) is 8.22. The Labute approximate surface area is 81.4 Å². The van der Waals surface area contributed by atoms with Gasteiger partial charge in [-0.2, -0.15) is 0 Å². The van der Waals surface area contributed by atoms with E-state index in [9.17, 15) is 0 Å². The quantitative estimate of drug-likeness (QED) is 0.529. The van der Waals surface area contributed by atoms with Gasteiger partial charge in [-0.15, -0.1) is 0 Å². The van der Waals surface area contributed by atoms with Crippen LogP contribution in [0.15, 0.2) is 0 Å². The molecule has 0 saturated heterocycles. The van der Waals surface area contributed by atoms with Gasteiger partial charge in [0.1, 0.15) is 0 Å². The van der Waals surface area contributed by atoms with Crippen LogP contribution >= 0.6 is 0 Å². The van der Waals surface area contributed by atoms with Gasteiger partial charge in [-0.3, -0.25) is 0 Å². The van der Waals surface area contributed by atoms with Crippen molar-refractivity contribution in [3.05, 3.63) is 0 Å². The molecule has 0 aliphatic heterocycles. The first-order valence-corrected chi connectivity index (χ1v) is 5.29. The molecule has 0 aromatic heterocycles. The van der Waals surface area contributed by atoms with Gasteiger partial charge in [-0.1, -0.05) is 6.92 Å². The first-order valence-electron chi connectivity index (χ1n) is 5.29. The monoisotopic (exact) mass is 189 g/mol. The second-order valence-electron chi connectivity index (χ2n) is 3.30. The van der Waals surface area contributed by atoms with Crippen LogP contribution in [0, 0.1) is 0 Å². The maximum Gasteiger partial charge on any atom is 0.0443 e. The van der Waals surface area contributed by atoms with Crippen LogP contribution in [0.5, 0.6) is 0 Å². The molecule has 0 fully saturated rings. The highest BCUT2D eigenvalue weighted by atomic mass is 16.3. The number of nitrogens with zero attached hydrogens (tertiary/aromatic N) is 1. The van der Waals surface area contributed by atoms with E-state index in [0.717, 1.165) is 45.3 Å². The van der Waals surface area contributed by atoms with Crippen LogP contribution in [0.25, 0.3) is 0 Å². The molecule has 0 aliphatic rings. The summed E-state index contributed by atoms with van der Waals surface area (Å²) in [6, 6.07) is 0. The summed E-state index contributed by atoms with van der Waals surface area (Å²) in [7, 11) is 0. The van der Waals surface area contributed by atoms with Crippen molar-refractivity contribution in [1.29, 1.82) is 0 Å². The third-order valence-electron chi connectivity index (χ3n) is 2.21. The average molecular weight is 189 g/mol. The fourth-order valence-corrected chi connectivity index (χ4v) is 1.35. The predicted octanol–water partition coefficient (Wildman–Crippen LogP) is 0.853. The van der Waals surface area contributed by atoms with Crippen molar-refractivity contribution in [2.24, 2.45) is 0 Å². The van der Waals surface area contributed by atoms with Gasteiger partial charge in [-0.05, 0) is 38.8 Å². The molecule has 0 rings (SSSR count). The Morgan fingerprint density at radius 3 is 2.00 bits per heavy atom. The van der Waals surface area contributed by atoms with Gasteiger partial charge in [0, 0.05) is 19.8 Å². The summed E-state index contributed by atoms with van der Waals surface area (Å²) >= 11 is 0.